The van der Waals surface area contributed by atoms with E-state index in [9.17, 15) is 9.18 Å². The largest absolute Gasteiger partial charge is 0.423 e. The van der Waals surface area contributed by atoms with Crippen molar-refractivity contribution >= 4 is 17.6 Å². The van der Waals surface area contributed by atoms with Crippen molar-refractivity contribution in [1.29, 1.82) is 0 Å². The molecule has 0 unspecified atom stereocenters. The van der Waals surface area contributed by atoms with Crippen molar-refractivity contribution in [1.82, 2.24) is 0 Å². The maximum absolute atomic E-state index is 12.7. The molecule has 0 aromatic heterocycles. The van der Waals surface area contributed by atoms with E-state index in [0.29, 0.717) is 16.3 Å². The summed E-state index contributed by atoms with van der Waals surface area (Å²) < 4.78 is 17.9. The van der Waals surface area contributed by atoms with E-state index < -0.39 is 11.8 Å². The van der Waals surface area contributed by atoms with Gasteiger partial charge in [0.1, 0.15) is 11.6 Å². The number of halogens is 2. The van der Waals surface area contributed by atoms with Crippen molar-refractivity contribution in [2.45, 2.75) is 6.92 Å². The minimum atomic E-state index is -0.527. The SMILES string of the molecule is Cc1cc(Cl)ccc1OC(=O)c1ccc(F)cc1. The van der Waals surface area contributed by atoms with E-state index in [4.69, 9.17) is 16.3 Å². The topological polar surface area (TPSA) is 26.3 Å². The van der Waals surface area contributed by atoms with Gasteiger partial charge in [0.25, 0.3) is 0 Å². The lowest BCUT2D eigenvalue weighted by Gasteiger charge is -2.07. The highest BCUT2D eigenvalue weighted by atomic mass is 35.5. The first kappa shape index (κ1) is 12.6. The lowest BCUT2D eigenvalue weighted by Crippen LogP contribution is -2.09. The molecule has 0 saturated heterocycles. The Kier molecular flexibility index (Phi) is 3.63. The minimum Gasteiger partial charge on any atom is -0.423 e. The molecular formula is C14H10ClFO2. The summed E-state index contributed by atoms with van der Waals surface area (Å²) in [4.78, 5) is 11.8. The third-order valence-electron chi connectivity index (χ3n) is 2.42. The monoisotopic (exact) mass is 264 g/mol. The van der Waals surface area contributed by atoms with E-state index in [1.165, 1.54) is 24.3 Å². The van der Waals surface area contributed by atoms with Crippen LogP contribution in [0.3, 0.4) is 0 Å². The Hall–Kier alpha value is -1.87. The van der Waals surface area contributed by atoms with Gasteiger partial charge in [-0.2, -0.15) is 0 Å². The number of ether oxygens (including phenoxy) is 1. The highest BCUT2D eigenvalue weighted by molar-refractivity contribution is 6.30. The molecule has 0 heterocycles. The van der Waals surface area contributed by atoms with Gasteiger partial charge in [0.15, 0.2) is 0 Å². The third-order valence-corrected chi connectivity index (χ3v) is 2.65. The molecule has 0 amide bonds. The minimum absolute atomic E-state index is 0.297. The molecule has 92 valence electrons. The molecule has 0 atom stereocenters. The second kappa shape index (κ2) is 5.19. The summed E-state index contributed by atoms with van der Waals surface area (Å²) in [7, 11) is 0. The Morgan fingerprint density at radius 3 is 2.44 bits per heavy atom. The first-order valence-corrected chi connectivity index (χ1v) is 5.68. The van der Waals surface area contributed by atoms with Crippen molar-refractivity contribution in [3.63, 3.8) is 0 Å². The van der Waals surface area contributed by atoms with E-state index in [2.05, 4.69) is 0 Å². The zero-order valence-corrected chi connectivity index (χ0v) is 10.4. The Morgan fingerprint density at radius 1 is 1.17 bits per heavy atom. The third kappa shape index (κ3) is 2.87. The van der Waals surface area contributed by atoms with Crippen LogP contribution in [0.15, 0.2) is 42.5 Å². The number of esters is 1. The Balaban J connectivity index is 2.18. The lowest BCUT2D eigenvalue weighted by molar-refractivity contribution is 0.0733. The van der Waals surface area contributed by atoms with Gasteiger partial charge in [-0.1, -0.05) is 11.6 Å². The Morgan fingerprint density at radius 2 is 1.83 bits per heavy atom. The Bertz CT molecular complexity index is 579. The molecule has 0 spiro atoms. The van der Waals surface area contributed by atoms with Crippen LogP contribution in [0.5, 0.6) is 5.75 Å². The molecule has 0 N–H and O–H groups in total. The van der Waals surface area contributed by atoms with Crippen LogP contribution >= 0.6 is 11.6 Å². The molecule has 2 rings (SSSR count). The highest BCUT2D eigenvalue weighted by Crippen LogP contribution is 2.22. The molecule has 2 aromatic rings. The fourth-order valence-electron chi connectivity index (χ4n) is 1.47. The van der Waals surface area contributed by atoms with Crippen molar-refractivity contribution in [3.05, 3.63) is 64.4 Å². The molecule has 0 aliphatic carbocycles. The van der Waals surface area contributed by atoms with Crippen LogP contribution in [0.1, 0.15) is 15.9 Å². The van der Waals surface area contributed by atoms with Gasteiger partial charge < -0.3 is 4.74 Å². The number of benzene rings is 2. The average Bonchev–Trinajstić information content (AvgIpc) is 2.33. The summed E-state index contributed by atoms with van der Waals surface area (Å²) in [5.41, 5.74) is 1.06. The molecule has 4 heteroatoms. The van der Waals surface area contributed by atoms with E-state index in [-0.39, 0.29) is 0 Å². The summed E-state index contributed by atoms with van der Waals surface area (Å²) in [6.07, 6.45) is 0. The van der Waals surface area contributed by atoms with Crippen LogP contribution in [-0.2, 0) is 0 Å². The van der Waals surface area contributed by atoms with E-state index in [0.717, 1.165) is 5.56 Å². The van der Waals surface area contributed by atoms with E-state index in [1.54, 1.807) is 25.1 Å². The van der Waals surface area contributed by atoms with Crippen LogP contribution in [0.2, 0.25) is 5.02 Å². The zero-order valence-electron chi connectivity index (χ0n) is 9.61. The molecule has 0 aliphatic rings. The van der Waals surface area contributed by atoms with Crippen LogP contribution in [-0.4, -0.2) is 5.97 Å². The van der Waals surface area contributed by atoms with Crippen LogP contribution in [0, 0.1) is 12.7 Å². The molecule has 18 heavy (non-hydrogen) atoms. The zero-order chi connectivity index (χ0) is 13.1. The summed E-state index contributed by atoms with van der Waals surface area (Å²) in [6, 6.07) is 10.2. The molecule has 2 nitrogen and oxygen atoms in total. The second-order valence-corrected chi connectivity index (χ2v) is 4.24. The second-order valence-electron chi connectivity index (χ2n) is 3.81. The van der Waals surface area contributed by atoms with Crippen molar-refractivity contribution in [3.8, 4) is 5.75 Å². The number of rotatable bonds is 2. The molecule has 0 bridgehead atoms. The van der Waals surface area contributed by atoms with Gasteiger partial charge >= 0.3 is 5.97 Å². The van der Waals surface area contributed by atoms with Gasteiger partial charge in [-0.25, -0.2) is 9.18 Å². The maximum Gasteiger partial charge on any atom is 0.343 e. The maximum atomic E-state index is 12.7. The number of hydrogen-bond acceptors (Lipinski definition) is 2. The molecular weight excluding hydrogens is 255 g/mol. The fourth-order valence-corrected chi connectivity index (χ4v) is 1.70. The number of aryl methyl sites for hydroxylation is 1. The van der Waals surface area contributed by atoms with Gasteiger partial charge in [-0.15, -0.1) is 0 Å². The lowest BCUT2D eigenvalue weighted by atomic mass is 10.2. The van der Waals surface area contributed by atoms with E-state index >= 15 is 0 Å². The number of hydrogen-bond donors (Lipinski definition) is 0. The van der Waals surface area contributed by atoms with Gasteiger partial charge in [-0.05, 0) is 55.0 Å². The number of carbonyl (C=O) groups is 1. The van der Waals surface area contributed by atoms with Gasteiger partial charge in [0.2, 0.25) is 0 Å². The van der Waals surface area contributed by atoms with Crippen molar-refractivity contribution in [2.75, 3.05) is 0 Å². The molecule has 2 aromatic carbocycles. The van der Waals surface area contributed by atoms with Crippen molar-refractivity contribution in [2.24, 2.45) is 0 Å². The molecule has 0 saturated carbocycles. The normalized spacial score (nSPS) is 10.2. The predicted molar refractivity (Wildman–Crippen MR) is 67.5 cm³/mol. The summed E-state index contributed by atoms with van der Waals surface area (Å²) in [5.74, 6) is -0.483. The molecule has 0 fully saturated rings. The van der Waals surface area contributed by atoms with Crippen LogP contribution < -0.4 is 4.74 Å². The number of carbonyl (C=O) groups excluding carboxylic acids is 1. The first-order valence-electron chi connectivity index (χ1n) is 5.30. The van der Waals surface area contributed by atoms with Gasteiger partial charge in [0, 0.05) is 5.02 Å². The van der Waals surface area contributed by atoms with Crippen LogP contribution in [0.4, 0.5) is 4.39 Å². The first-order chi connectivity index (χ1) is 8.56. The fraction of sp³-hybridized carbons (Fsp3) is 0.0714. The highest BCUT2D eigenvalue weighted by Gasteiger charge is 2.10. The summed E-state index contributed by atoms with van der Waals surface area (Å²) >= 11 is 5.81. The van der Waals surface area contributed by atoms with E-state index in [1.807, 2.05) is 0 Å². The van der Waals surface area contributed by atoms with Gasteiger partial charge in [0.05, 0.1) is 5.56 Å². The summed E-state index contributed by atoms with van der Waals surface area (Å²) in [6.45, 7) is 1.79. The van der Waals surface area contributed by atoms with Crippen molar-refractivity contribution < 1.29 is 13.9 Å². The standard InChI is InChI=1S/C14H10ClFO2/c1-9-8-11(15)4-7-13(9)18-14(17)10-2-5-12(16)6-3-10/h2-8H,1H3. The van der Waals surface area contributed by atoms with Gasteiger partial charge in [-0.3, -0.25) is 0 Å². The quantitative estimate of drug-likeness (QED) is 0.605. The smallest absolute Gasteiger partial charge is 0.343 e. The summed E-state index contributed by atoms with van der Waals surface area (Å²) in [5, 5.41) is 0.578. The predicted octanol–water partition coefficient (Wildman–Crippen LogP) is 4.01. The average molecular weight is 265 g/mol. The Labute approximate surface area is 109 Å². The molecule has 0 radical (unpaired) electrons. The molecule has 0 aliphatic heterocycles. The van der Waals surface area contributed by atoms with Crippen LogP contribution in [0.25, 0.3) is 0 Å².